The summed E-state index contributed by atoms with van der Waals surface area (Å²) in [5, 5.41) is 0. The molecular formula is C59H47N. The molecule has 8 aromatic carbocycles. The van der Waals surface area contributed by atoms with Gasteiger partial charge in [0.15, 0.2) is 0 Å². The second-order valence-electron chi connectivity index (χ2n) is 16.4. The fourth-order valence-corrected chi connectivity index (χ4v) is 10.2. The standard InChI is InChI=1S/C59H47N/c1-5-22-51-47(6-2)49-38-37-46(40-54(49)58(51,3)4)60(55-35-19-17-31-48(55)43-26-20-25-42(39-43)41-23-10-7-11-24-41)56-36-21-34-53-57(56)50-32-16-18-33-52(50)59(53,44-27-12-8-13-28-44)45-29-14-9-15-30-45/h5-40H,2H2,1,3-4H3/b22-5-. The number of anilines is 3. The van der Waals surface area contributed by atoms with Crippen LogP contribution in [-0.4, -0.2) is 0 Å². The van der Waals surface area contributed by atoms with Crippen molar-refractivity contribution < 1.29 is 0 Å². The fraction of sp³-hybridized carbons (Fsp3) is 0.0847. The highest BCUT2D eigenvalue weighted by atomic mass is 15.1. The average molecular weight is 770 g/mol. The molecule has 1 heteroatoms. The van der Waals surface area contributed by atoms with Gasteiger partial charge in [0.2, 0.25) is 0 Å². The van der Waals surface area contributed by atoms with Crippen molar-refractivity contribution in [2.24, 2.45) is 0 Å². The zero-order valence-electron chi connectivity index (χ0n) is 34.4. The van der Waals surface area contributed by atoms with E-state index in [1.165, 1.54) is 72.3 Å². The van der Waals surface area contributed by atoms with Gasteiger partial charge < -0.3 is 4.90 Å². The molecule has 60 heavy (non-hydrogen) atoms. The number of para-hydroxylation sites is 1. The van der Waals surface area contributed by atoms with Crippen LogP contribution in [0.15, 0.2) is 231 Å². The molecule has 0 saturated heterocycles. The van der Waals surface area contributed by atoms with E-state index in [-0.39, 0.29) is 5.41 Å². The van der Waals surface area contributed by atoms with Crippen molar-refractivity contribution in [3.8, 4) is 33.4 Å². The Balaban J connectivity index is 1.28. The minimum atomic E-state index is -0.524. The number of hydrogen-bond acceptors (Lipinski definition) is 1. The molecule has 0 fully saturated rings. The molecule has 0 aromatic heterocycles. The summed E-state index contributed by atoms with van der Waals surface area (Å²) in [6, 6.07) is 73.8. The fourth-order valence-electron chi connectivity index (χ4n) is 10.2. The van der Waals surface area contributed by atoms with Crippen LogP contribution in [0.3, 0.4) is 0 Å². The van der Waals surface area contributed by atoms with E-state index in [4.69, 9.17) is 0 Å². The molecule has 0 spiro atoms. The van der Waals surface area contributed by atoms with E-state index in [2.05, 4.69) is 245 Å². The molecule has 1 nitrogen and oxygen atoms in total. The Morgan fingerprint density at radius 1 is 0.467 bits per heavy atom. The maximum Gasteiger partial charge on any atom is 0.0714 e. The maximum absolute atomic E-state index is 4.29. The Morgan fingerprint density at radius 3 is 1.73 bits per heavy atom. The minimum absolute atomic E-state index is 0.225. The highest BCUT2D eigenvalue weighted by Gasteiger charge is 2.47. The van der Waals surface area contributed by atoms with E-state index in [1.54, 1.807) is 0 Å². The molecule has 2 aliphatic rings. The van der Waals surface area contributed by atoms with E-state index in [1.807, 2.05) is 6.08 Å². The molecular weight excluding hydrogens is 723 g/mol. The van der Waals surface area contributed by atoms with E-state index >= 15 is 0 Å². The van der Waals surface area contributed by atoms with Crippen LogP contribution in [0.2, 0.25) is 0 Å². The zero-order valence-corrected chi connectivity index (χ0v) is 34.4. The van der Waals surface area contributed by atoms with Crippen LogP contribution in [0.25, 0.3) is 39.0 Å². The van der Waals surface area contributed by atoms with Gasteiger partial charge in [-0.3, -0.25) is 0 Å². The normalized spacial score (nSPS) is 14.4. The lowest BCUT2D eigenvalue weighted by molar-refractivity contribution is 0.654. The average Bonchev–Trinajstić information content (AvgIpc) is 3.73. The molecule has 0 radical (unpaired) electrons. The van der Waals surface area contributed by atoms with E-state index < -0.39 is 5.41 Å². The van der Waals surface area contributed by atoms with Crippen molar-refractivity contribution in [1.82, 2.24) is 0 Å². The van der Waals surface area contributed by atoms with Crippen molar-refractivity contribution >= 4 is 22.6 Å². The molecule has 288 valence electrons. The van der Waals surface area contributed by atoms with E-state index in [0.29, 0.717) is 0 Å². The predicted octanol–water partition coefficient (Wildman–Crippen LogP) is 15.7. The first-order chi connectivity index (χ1) is 29.5. The van der Waals surface area contributed by atoms with Crippen molar-refractivity contribution in [1.29, 1.82) is 0 Å². The second-order valence-corrected chi connectivity index (χ2v) is 16.4. The van der Waals surface area contributed by atoms with Gasteiger partial charge >= 0.3 is 0 Å². The smallest absolute Gasteiger partial charge is 0.0714 e. The number of fused-ring (bicyclic) bond motifs is 4. The van der Waals surface area contributed by atoms with Gasteiger partial charge in [0.25, 0.3) is 0 Å². The third-order valence-corrected chi connectivity index (χ3v) is 12.9. The first kappa shape index (κ1) is 37.1. The van der Waals surface area contributed by atoms with Gasteiger partial charge in [0, 0.05) is 22.2 Å². The highest BCUT2D eigenvalue weighted by Crippen LogP contribution is 2.60. The summed E-state index contributed by atoms with van der Waals surface area (Å²) in [4.78, 5) is 2.53. The largest absolute Gasteiger partial charge is 0.309 e. The summed E-state index contributed by atoms with van der Waals surface area (Å²) < 4.78 is 0. The molecule has 0 amide bonds. The van der Waals surface area contributed by atoms with Gasteiger partial charge in [-0.1, -0.05) is 209 Å². The molecule has 2 aliphatic carbocycles. The Labute approximate surface area is 355 Å². The number of rotatable bonds is 9. The van der Waals surface area contributed by atoms with Crippen LogP contribution in [0.5, 0.6) is 0 Å². The van der Waals surface area contributed by atoms with Gasteiger partial charge in [0.1, 0.15) is 0 Å². The molecule has 10 rings (SSSR count). The van der Waals surface area contributed by atoms with Crippen LogP contribution < -0.4 is 4.90 Å². The lowest BCUT2D eigenvalue weighted by atomic mass is 9.68. The van der Waals surface area contributed by atoms with Crippen LogP contribution in [0, 0.1) is 0 Å². The lowest BCUT2D eigenvalue weighted by Crippen LogP contribution is -2.28. The van der Waals surface area contributed by atoms with Crippen molar-refractivity contribution in [2.45, 2.75) is 31.6 Å². The summed E-state index contributed by atoms with van der Waals surface area (Å²) in [5.41, 5.74) is 19.9. The SMILES string of the molecule is C=CC1=C(/C=C\C)C(C)(C)c2cc(N(c3ccccc3-c3cccc(-c4ccccc4)c3)c3cccc4c3-c3ccccc3C4(c3ccccc3)c3ccccc3)ccc21. The monoisotopic (exact) mass is 769 g/mol. The van der Waals surface area contributed by atoms with Gasteiger partial charge in [0.05, 0.1) is 16.8 Å². The summed E-state index contributed by atoms with van der Waals surface area (Å²) in [5.74, 6) is 0. The number of allylic oxidation sites excluding steroid dienone is 5. The third-order valence-electron chi connectivity index (χ3n) is 12.9. The quantitative estimate of drug-likeness (QED) is 0.141. The summed E-state index contributed by atoms with van der Waals surface area (Å²) in [7, 11) is 0. The predicted molar refractivity (Wildman–Crippen MR) is 254 cm³/mol. The lowest BCUT2D eigenvalue weighted by Gasteiger charge is -2.35. The molecule has 0 heterocycles. The molecule has 0 atom stereocenters. The van der Waals surface area contributed by atoms with Crippen LogP contribution >= 0.6 is 0 Å². The van der Waals surface area contributed by atoms with Crippen LogP contribution in [0.1, 0.15) is 54.2 Å². The van der Waals surface area contributed by atoms with Gasteiger partial charge in [-0.2, -0.15) is 0 Å². The highest BCUT2D eigenvalue weighted by molar-refractivity contribution is 6.00. The van der Waals surface area contributed by atoms with Crippen molar-refractivity contribution in [3.05, 3.63) is 264 Å². The molecule has 0 N–H and O–H groups in total. The Morgan fingerprint density at radius 2 is 1.03 bits per heavy atom. The Kier molecular flexibility index (Phi) is 9.18. The van der Waals surface area contributed by atoms with Crippen LogP contribution in [-0.2, 0) is 10.8 Å². The summed E-state index contributed by atoms with van der Waals surface area (Å²) >= 11 is 0. The van der Waals surface area contributed by atoms with Gasteiger partial charge in [-0.15, -0.1) is 0 Å². The second kappa shape index (κ2) is 14.9. The number of hydrogen-bond donors (Lipinski definition) is 0. The zero-order chi connectivity index (χ0) is 40.8. The van der Waals surface area contributed by atoms with Gasteiger partial charge in [-0.05, 0) is 104 Å². The minimum Gasteiger partial charge on any atom is -0.309 e. The maximum atomic E-state index is 4.29. The number of benzene rings is 8. The van der Waals surface area contributed by atoms with Gasteiger partial charge in [-0.25, -0.2) is 0 Å². The molecule has 0 aliphatic heterocycles. The van der Waals surface area contributed by atoms with E-state index in [0.717, 1.165) is 22.6 Å². The molecule has 0 unspecified atom stereocenters. The van der Waals surface area contributed by atoms with Crippen LogP contribution in [0.4, 0.5) is 17.1 Å². The Hall–Kier alpha value is -7.22. The first-order valence-electron chi connectivity index (χ1n) is 21.0. The summed E-state index contributed by atoms with van der Waals surface area (Å²) in [6.07, 6.45) is 6.44. The molecule has 0 saturated carbocycles. The topological polar surface area (TPSA) is 3.24 Å². The summed E-state index contributed by atoms with van der Waals surface area (Å²) in [6.45, 7) is 11.1. The molecule has 8 aromatic rings. The third kappa shape index (κ3) is 5.68. The number of nitrogens with zero attached hydrogens (tertiary/aromatic N) is 1. The van der Waals surface area contributed by atoms with E-state index in [9.17, 15) is 0 Å². The van der Waals surface area contributed by atoms with Crippen molar-refractivity contribution in [2.75, 3.05) is 4.90 Å². The molecule has 0 bridgehead atoms. The Bertz CT molecular complexity index is 2930. The van der Waals surface area contributed by atoms with Crippen molar-refractivity contribution in [3.63, 3.8) is 0 Å². The first-order valence-corrected chi connectivity index (χ1v) is 21.0.